The number of carbonyl (C=O) groups is 6. The predicted molar refractivity (Wildman–Crippen MR) is 194 cm³/mol. The highest BCUT2D eigenvalue weighted by atomic mass is 32.2. The number of ether oxygens (including phenoxy) is 3. The Hall–Kier alpha value is -3.25. The van der Waals surface area contributed by atoms with Crippen LogP contribution in [0.2, 0.25) is 0 Å². The zero-order valence-corrected chi connectivity index (χ0v) is 32.2. The van der Waals surface area contributed by atoms with Crippen molar-refractivity contribution in [2.24, 2.45) is 27.6 Å². The van der Waals surface area contributed by atoms with E-state index in [0.717, 1.165) is 0 Å². The van der Waals surface area contributed by atoms with Crippen LogP contribution in [0.3, 0.4) is 0 Å². The zero-order chi connectivity index (χ0) is 37.6. The number of Topliss-reactive ketones (excluding diaryl/α,β-unsaturated/α-hetero) is 1. The predicted octanol–water partition coefficient (Wildman–Crippen LogP) is 5.39. The van der Waals surface area contributed by atoms with E-state index in [1.54, 1.807) is 12.1 Å². The zero-order valence-electron chi connectivity index (χ0n) is 31.3. The molecule has 3 aliphatic rings. The summed E-state index contributed by atoms with van der Waals surface area (Å²) in [4.78, 5) is 80.6. The van der Waals surface area contributed by atoms with Crippen LogP contribution < -0.4 is 5.32 Å². The van der Waals surface area contributed by atoms with Gasteiger partial charge in [-0.3, -0.25) is 28.8 Å². The van der Waals surface area contributed by atoms with Gasteiger partial charge in [0.05, 0.1) is 12.0 Å². The second kappa shape index (κ2) is 16.6. The molecule has 0 saturated heterocycles. The average Bonchev–Trinajstić information content (AvgIpc) is 3.21. The van der Waals surface area contributed by atoms with Crippen molar-refractivity contribution in [1.29, 1.82) is 0 Å². The molecule has 6 atom stereocenters. The van der Waals surface area contributed by atoms with E-state index in [1.807, 2.05) is 39.2 Å². The summed E-state index contributed by atoms with van der Waals surface area (Å²) < 4.78 is 17.8. The molecule has 1 aromatic carbocycles. The highest BCUT2D eigenvalue weighted by Gasteiger charge is 2.74. The Morgan fingerprint density at radius 2 is 1.49 bits per heavy atom. The molecule has 0 heterocycles. The van der Waals surface area contributed by atoms with E-state index in [1.165, 1.54) is 32.5 Å². The van der Waals surface area contributed by atoms with Crippen LogP contribution in [-0.2, 0) is 38.2 Å². The molecule has 51 heavy (non-hydrogen) atoms. The SMILES string of the molecule is CCCC(=O)NC1CC(=O)CCC2C1(CSC(=O)c1ccccc1)CCC1(C)C(COC(C)=O)(COC(C)=O)C(N(C)C)CCC21COC(C)=O. The third-order valence-electron chi connectivity index (χ3n) is 12.5. The van der Waals surface area contributed by atoms with Crippen LogP contribution in [-0.4, -0.2) is 91.4 Å². The summed E-state index contributed by atoms with van der Waals surface area (Å²) in [5.41, 5.74) is -2.72. The van der Waals surface area contributed by atoms with Crippen LogP contribution in [0.15, 0.2) is 30.3 Å². The molecule has 1 amide bonds. The van der Waals surface area contributed by atoms with Gasteiger partial charge in [0.2, 0.25) is 11.0 Å². The number of ketones is 1. The van der Waals surface area contributed by atoms with Gasteiger partial charge >= 0.3 is 17.9 Å². The lowest BCUT2D eigenvalue weighted by atomic mass is 9.34. The summed E-state index contributed by atoms with van der Waals surface area (Å²) in [5.74, 6) is -1.46. The Kier molecular flexibility index (Phi) is 13.2. The Morgan fingerprint density at radius 1 is 0.882 bits per heavy atom. The molecule has 6 unspecified atom stereocenters. The van der Waals surface area contributed by atoms with Gasteiger partial charge in [0.1, 0.15) is 19.0 Å². The molecule has 3 aliphatic carbocycles. The molecule has 0 radical (unpaired) electrons. The normalized spacial score (nSPS) is 29.9. The van der Waals surface area contributed by atoms with Gasteiger partial charge in [-0.2, -0.15) is 0 Å². The Balaban J connectivity index is 1.99. The molecule has 11 nitrogen and oxygen atoms in total. The maximum Gasteiger partial charge on any atom is 0.302 e. The van der Waals surface area contributed by atoms with E-state index < -0.39 is 45.6 Å². The fourth-order valence-corrected chi connectivity index (χ4v) is 11.3. The molecule has 0 aliphatic heterocycles. The minimum absolute atomic E-state index is 0.0222. The van der Waals surface area contributed by atoms with Crippen LogP contribution >= 0.6 is 11.8 Å². The number of thioether (sulfide) groups is 1. The van der Waals surface area contributed by atoms with Crippen molar-refractivity contribution < 1.29 is 43.0 Å². The van der Waals surface area contributed by atoms with Crippen LogP contribution in [0.25, 0.3) is 0 Å². The van der Waals surface area contributed by atoms with Crippen molar-refractivity contribution in [2.75, 3.05) is 39.7 Å². The summed E-state index contributed by atoms with van der Waals surface area (Å²) >= 11 is 1.21. The lowest BCUT2D eigenvalue weighted by Gasteiger charge is -2.72. The topological polar surface area (TPSA) is 145 Å². The molecular weight excluding hydrogens is 673 g/mol. The minimum Gasteiger partial charge on any atom is -0.465 e. The molecule has 4 rings (SSSR count). The van der Waals surface area contributed by atoms with Gasteiger partial charge in [-0.25, -0.2) is 0 Å². The quantitative estimate of drug-likeness (QED) is 0.206. The number of rotatable bonds is 13. The van der Waals surface area contributed by atoms with Crippen molar-refractivity contribution >= 4 is 46.5 Å². The van der Waals surface area contributed by atoms with E-state index in [2.05, 4.69) is 17.1 Å². The van der Waals surface area contributed by atoms with Gasteiger partial charge in [-0.1, -0.05) is 55.9 Å². The number of esters is 3. The first-order chi connectivity index (χ1) is 24.1. The van der Waals surface area contributed by atoms with Gasteiger partial charge < -0.3 is 24.4 Å². The van der Waals surface area contributed by atoms with E-state index in [4.69, 9.17) is 14.2 Å². The summed E-state index contributed by atoms with van der Waals surface area (Å²) in [7, 11) is 3.93. The van der Waals surface area contributed by atoms with Crippen LogP contribution in [0.1, 0.15) is 103 Å². The van der Waals surface area contributed by atoms with Gasteiger partial charge in [-0.15, -0.1) is 0 Å². The fourth-order valence-electron chi connectivity index (χ4n) is 10.0. The summed E-state index contributed by atoms with van der Waals surface area (Å²) in [6, 6.07) is 8.31. The van der Waals surface area contributed by atoms with E-state index in [0.29, 0.717) is 56.3 Å². The van der Waals surface area contributed by atoms with Gasteiger partial charge in [-0.05, 0) is 64.0 Å². The number of nitrogens with one attached hydrogen (secondary N) is 1. The highest BCUT2D eigenvalue weighted by molar-refractivity contribution is 8.14. The van der Waals surface area contributed by atoms with Crippen molar-refractivity contribution in [3.8, 4) is 0 Å². The molecule has 3 saturated carbocycles. The smallest absolute Gasteiger partial charge is 0.302 e. The molecular formula is C39H56N2O9S. The molecule has 282 valence electrons. The number of hydrogen-bond acceptors (Lipinski definition) is 11. The van der Waals surface area contributed by atoms with E-state index in [-0.39, 0.29) is 61.4 Å². The standard InChI is InChI=1S/C39H56N2O9S/c1-8-12-34(46)40-32-21-30(45)15-16-31-37(32,25-51-35(47)29-13-10-9-11-14-29)20-19-36(5)38(31,22-48-26(2)42)18-17-33(41(6)7)39(36,23-49-27(3)43)24-50-28(4)44/h9-11,13-14,31-33H,8,12,15-25H2,1-7H3,(H,40,46). The second-order valence-electron chi connectivity index (χ2n) is 15.4. The lowest BCUT2D eigenvalue weighted by molar-refractivity contribution is -0.271. The monoisotopic (exact) mass is 728 g/mol. The Bertz CT molecular complexity index is 1450. The first kappa shape index (κ1) is 40.5. The molecule has 0 bridgehead atoms. The largest absolute Gasteiger partial charge is 0.465 e. The highest BCUT2D eigenvalue weighted by Crippen LogP contribution is 2.74. The van der Waals surface area contributed by atoms with Crippen LogP contribution in [0.4, 0.5) is 0 Å². The van der Waals surface area contributed by atoms with Crippen molar-refractivity contribution in [1.82, 2.24) is 10.2 Å². The van der Waals surface area contributed by atoms with Crippen molar-refractivity contribution in [3.63, 3.8) is 0 Å². The van der Waals surface area contributed by atoms with E-state index >= 15 is 0 Å². The number of fused-ring (bicyclic) bond motifs is 3. The number of nitrogens with zero attached hydrogens (tertiary/aromatic N) is 1. The maximum atomic E-state index is 13.7. The van der Waals surface area contributed by atoms with Crippen molar-refractivity contribution in [3.05, 3.63) is 35.9 Å². The molecule has 0 spiro atoms. The average molecular weight is 729 g/mol. The Morgan fingerprint density at radius 3 is 2.06 bits per heavy atom. The summed E-state index contributed by atoms with van der Waals surface area (Å²) in [6.07, 6.45) is 4.02. The second-order valence-corrected chi connectivity index (χ2v) is 16.3. The number of carbonyl (C=O) groups excluding carboxylic acids is 6. The van der Waals surface area contributed by atoms with E-state index in [9.17, 15) is 28.8 Å². The van der Waals surface area contributed by atoms with Gasteiger partial charge in [0.25, 0.3) is 0 Å². The first-order valence-electron chi connectivity index (χ1n) is 18.2. The molecule has 1 N–H and O–H groups in total. The maximum absolute atomic E-state index is 13.7. The van der Waals surface area contributed by atoms with Crippen LogP contribution in [0.5, 0.6) is 0 Å². The number of benzene rings is 1. The molecule has 3 fully saturated rings. The fraction of sp³-hybridized carbons (Fsp3) is 0.692. The first-order valence-corrected chi connectivity index (χ1v) is 19.2. The third-order valence-corrected chi connectivity index (χ3v) is 13.7. The summed E-state index contributed by atoms with van der Waals surface area (Å²) in [5, 5.41) is 3.17. The molecule has 12 heteroatoms. The Labute approximate surface area is 306 Å². The minimum atomic E-state index is -0.942. The molecule has 0 aromatic heterocycles. The van der Waals surface area contributed by atoms with Gasteiger partial charge in [0, 0.05) is 74.3 Å². The third kappa shape index (κ3) is 8.06. The van der Waals surface area contributed by atoms with Crippen LogP contribution in [0, 0.1) is 27.6 Å². The van der Waals surface area contributed by atoms with Gasteiger partial charge in [0.15, 0.2) is 0 Å². The number of amides is 1. The molecule has 1 aromatic rings. The van der Waals surface area contributed by atoms with Crippen molar-refractivity contribution in [2.45, 2.75) is 104 Å². The summed E-state index contributed by atoms with van der Waals surface area (Å²) in [6.45, 7) is 8.11. The lowest BCUT2D eigenvalue weighted by Crippen LogP contribution is -2.74. The number of hydrogen-bond donors (Lipinski definition) is 1.